The fourth-order valence-electron chi connectivity index (χ4n) is 6.76. The van der Waals surface area contributed by atoms with Crippen molar-refractivity contribution in [2.75, 3.05) is 50.9 Å². The number of nitrogens with one attached hydrogen (secondary N) is 1. The van der Waals surface area contributed by atoms with Crippen molar-refractivity contribution in [2.24, 2.45) is 10.8 Å². The number of anilines is 2. The number of esters is 1. The van der Waals surface area contributed by atoms with Gasteiger partial charge in [0.1, 0.15) is 22.8 Å². The van der Waals surface area contributed by atoms with E-state index < -0.39 is 39.5 Å². The zero-order valence-corrected chi connectivity index (χ0v) is 35.0. The highest BCUT2D eigenvalue weighted by Gasteiger charge is 2.49. The highest BCUT2D eigenvalue weighted by Crippen LogP contribution is 2.41. The summed E-state index contributed by atoms with van der Waals surface area (Å²) < 4.78 is 15.2. The van der Waals surface area contributed by atoms with Gasteiger partial charge in [0.2, 0.25) is 6.54 Å². The number of nitrogens with zero attached hydrogens (tertiary/aromatic N) is 3. The highest BCUT2D eigenvalue weighted by molar-refractivity contribution is 6.67. The van der Waals surface area contributed by atoms with Crippen molar-refractivity contribution in [1.82, 2.24) is 9.80 Å². The number of hydrogen-bond acceptors (Lipinski definition) is 11. The summed E-state index contributed by atoms with van der Waals surface area (Å²) in [5.74, 6) is -0.427. The summed E-state index contributed by atoms with van der Waals surface area (Å²) >= 11 is 5.34. The maximum atomic E-state index is 12.5. The van der Waals surface area contributed by atoms with Crippen molar-refractivity contribution < 1.29 is 47.8 Å². The Kier molecular flexibility index (Phi) is 16.0. The molecule has 314 valence electrons. The van der Waals surface area contributed by atoms with E-state index in [4.69, 9.17) is 38.1 Å². The second-order valence-corrected chi connectivity index (χ2v) is 16.9. The van der Waals surface area contributed by atoms with Crippen LogP contribution in [0.2, 0.25) is 0 Å². The van der Waals surface area contributed by atoms with Crippen LogP contribution in [0.25, 0.3) is 4.85 Å². The van der Waals surface area contributed by atoms with Crippen LogP contribution in [0.3, 0.4) is 0 Å². The lowest BCUT2D eigenvalue weighted by molar-refractivity contribution is -0.152. The molecule has 2 aromatic carbocycles. The molecule has 2 heterocycles. The molecule has 3 fully saturated rings. The molecule has 2 aromatic rings. The van der Waals surface area contributed by atoms with E-state index in [0.29, 0.717) is 74.2 Å². The Morgan fingerprint density at radius 2 is 1.52 bits per heavy atom. The monoisotopic (exact) mass is 823 g/mol. The second kappa shape index (κ2) is 19.8. The molecule has 1 spiro atoms. The van der Waals surface area contributed by atoms with Crippen LogP contribution in [0, 0.1) is 17.4 Å². The molecule has 3 aliphatic rings. The number of carbonyl (C=O) groups excluding carboxylic acids is 7. The molecule has 16 heteroatoms. The van der Waals surface area contributed by atoms with Gasteiger partial charge < -0.3 is 34.6 Å². The van der Waals surface area contributed by atoms with Crippen molar-refractivity contribution in [2.45, 2.75) is 91.3 Å². The Morgan fingerprint density at radius 3 is 2.10 bits per heavy atom. The average molecular weight is 824 g/mol. The maximum Gasteiger partial charge on any atom is 0.412 e. The Morgan fingerprint density at radius 1 is 0.879 bits per heavy atom. The first-order valence-electron chi connectivity index (χ1n) is 18.9. The van der Waals surface area contributed by atoms with Crippen molar-refractivity contribution in [3.05, 3.63) is 71.1 Å². The standard InChI is InChI=1S/C16H18N2O3.C14H22N2O4.C12H14ClNO3/c17-12-3-1-2-11(8-12)15(21)18-7-6-16(10-18)5-4-13(19)9-14(16)20;1-13(2,3)20-12(18)16-9-7-14(10-16,6-8-15-4)11(17)19-5;1-12(2,3)17-11(16)14-9-6-4-5-8(7-9)10(13)15/h1-3,8H,4-7,9-10,17H2;6-10H2,1-3,5H3;4-7H,1-3H3,(H,14,16). The van der Waals surface area contributed by atoms with Crippen LogP contribution < -0.4 is 11.1 Å². The summed E-state index contributed by atoms with van der Waals surface area (Å²) in [6, 6.07) is 13.2. The second-order valence-electron chi connectivity index (χ2n) is 16.6. The lowest BCUT2D eigenvalue weighted by Gasteiger charge is -2.30. The number of Topliss-reactive ketones (excluding diaryl/α,β-unsaturated/α-hetero) is 2. The summed E-state index contributed by atoms with van der Waals surface area (Å²) in [5.41, 5.74) is 5.19. The molecule has 1 saturated carbocycles. The minimum absolute atomic E-state index is 0.00151. The summed E-state index contributed by atoms with van der Waals surface area (Å²) in [6.07, 6.45) is 1.63. The third-order valence-corrected chi connectivity index (χ3v) is 9.89. The summed E-state index contributed by atoms with van der Waals surface area (Å²) in [4.78, 5) is 89.0. The number of ether oxygens (including phenoxy) is 3. The van der Waals surface area contributed by atoms with Crippen LogP contribution in [0.1, 0.15) is 101 Å². The molecule has 5 rings (SSSR count). The number of rotatable bonds is 6. The first-order valence-corrected chi connectivity index (χ1v) is 19.3. The molecule has 58 heavy (non-hydrogen) atoms. The molecule has 0 radical (unpaired) electrons. The first kappa shape index (κ1) is 46.9. The third kappa shape index (κ3) is 13.6. The summed E-state index contributed by atoms with van der Waals surface area (Å²) in [5, 5.41) is 1.95. The molecule has 1 aliphatic carbocycles. The minimum atomic E-state index is -0.768. The number of hydrogen-bond donors (Lipinski definition) is 2. The predicted molar refractivity (Wildman–Crippen MR) is 217 cm³/mol. The van der Waals surface area contributed by atoms with Crippen molar-refractivity contribution in [3.8, 4) is 0 Å². The molecule has 3 N–H and O–H groups in total. The van der Waals surface area contributed by atoms with Crippen LogP contribution in [0.15, 0.2) is 48.5 Å². The molecular weight excluding hydrogens is 770 g/mol. The number of nitrogens with two attached hydrogens (primary N) is 1. The number of amides is 3. The summed E-state index contributed by atoms with van der Waals surface area (Å²) in [7, 11) is 1.33. The molecular formula is C42H54ClN5O10. The van der Waals surface area contributed by atoms with Gasteiger partial charge in [-0.05, 0) is 109 Å². The quantitative estimate of drug-likeness (QED) is 0.0766. The van der Waals surface area contributed by atoms with Gasteiger partial charge in [0.15, 0.2) is 0 Å². The number of methoxy groups -OCH3 is 1. The number of likely N-dealkylation sites (tertiary alicyclic amines) is 2. The minimum Gasteiger partial charge on any atom is -0.469 e. The van der Waals surface area contributed by atoms with E-state index in [0.717, 1.165) is 0 Å². The topological polar surface area (TPSA) is 196 Å². The highest BCUT2D eigenvalue weighted by atomic mass is 35.5. The van der Waals surface area contributed by atoms with E-state index >= 15 is 0 Å². The molecule has 2 unspecified atom stereocenters. The van der Waals surface area contributed by atoms with Gasteiger partial charge in [-0.3, -0.25) is 29.3 Å². The van der Waals surface area contributed by atoms with E-state index in [9.17, 15) is 33.6 Å². The van der Waals surface area contributed by atoms with Gasteiger partial charge in [0.25, 0.3) is 11.1 Å². The number of ketones is 2. The third-order valence-electron chi connectivity index (χ3n) is 9.67. The molecule has 0 aromatic heterocycles. The Balaban J connectivity index is 0.000000234. The van der Waals surface area contributed by atoms with Crippen molar-refractivity contribution >= 4 is 63.8 Å². The van der Waals surface area contributed by atoms with Crippen LogP contribution >= 0.6 is 11.6 Å². The lowest BCUT2D eigenvalue weighted by atomic mass is 9.72. The van der Waals surface area contributed by atoms with Gasteiger partial charge in [-0.15, -0.1) is 0 Å². The van der Waals surface area contributed by atoms with Gasteiger partial charge in [-0.2, -0.15) is 0 Å². The number of halogens is 1. The normalized spacial score (nSPS) is 20.1. The van der Waals surface area contributed by atoms with E-state index in [-0.39, 0.29) is 43.0 Å². The van der Waals surface area contributed by atoms with E-state index in [2.05, 4.69) is 10.2 Å². The Labute approximate surface area is 344 Å². The van der Waals surface area contributed by atoms with Gasteiger partial charge >= 0.3 is 18.2 Å². The molecule has 15 nitrogen and oxygen atoms in total. The molecule has 2 atom stereocenters. The predicted octanol–water partition coefficient (Wildman–Crippen LogP) is 6.93. The van der Waals surface area contributed by atoms with Crippen molar-refractivity contribution in [1.29, 1.82) is 0 Å². The molecule has 0 bridgehead atoms. The van der Waals surface area contributed by atoms with E-state index in [1.807, 2.05) is 0 Å². The SMILES string of the molecule is CC(C)(C)OC(=O)Nc1cccc(C(=O)Cl)c1.Nc1cccc(C(=O)N2CCC3(CCC(=O)CC3=O)C2)c1.[C-]#[N+]CCC1(C(=O)OC)CCN(C(=O)OC(C)(C)C)C1. The van der Waals surface area contributed by atoms with Gasteiger partial charge in [-0.1, -0.05) is 12.1 Å². The first-order chi connectivity index (χ1) is 27.0. The largest absolute Gasteiger partial charge is 0.469 e. The number of benzene rings is 2. The Hall–Kier alpha value is -5.49. The Bertz CT molecular complexity index is 1920. The fourth-order valence-corrected chi connectivity index (χ4v) is 6.88. The molecule has 2 aliphatic heterocycles. The molecule has 2 saturated heterocycles. The zero-order chi connectivity index (χ0) is 43.5. The zero-order valence-electron chi connectivity index (χ0n) is 34.3. The van der Waals surface area contributed by atoms with Crippen molar-refractivity contribution in [3.63, 3.8) is 0 Å². The van der Waals surface area contributed by atoms with Crippen LogP contribution in [-0.2, 0) is 28.6 Å². The summed E-state index contributed by atoms with van der Waals surface area (Å²) in [6.45, 7) is 19.5. The fraction of sp³-hybridized carbons (Fsp3) is 0.524. The number of carbonyl (C=O) groups is 7. The smallest absolute Gasteiger partial charge is 0.412 e. The van der Waals surface area contributed by atoms with Gasteiger partial charge in [0.05, 0.1) is 18.9 Å². The van der Waals surface area contributed by atoms with Crippen LogP contribution in [0.4, 0.5) is 21.0 Å². The van der Waals surface area contributed by atoms with Crippen LogP contribution in [0.5, 0.6) is 0 Å². The lowest BCUT2D eigenvalue weighted by Crippen LogP contribution is -2.41. The van der Waals surface area contributed by atoms with Gasteiger partial charge in [-0.25, -0.2) is 16.2 Å². The maximum absolute atomic E-state index is 12.5. The molecule has 3 amide bonds. The van der Waals surface area contributed by atoms with E-state index in [1.165, 1.54) is 18.1 Å². The van der Waals surface area contributed by atoms with Gasteiger partial charge in [0, 0.05) is 66.9 Å². The van der Waals surface area contributed by atoms with Crippen LogP contribution in [-0.4, -0.2) is 102 Å². The number of nitrogen functional groups attached to an aromatic ring is 1. The van der Waals surface area contributed by atoms with E-state index in [1.54, 1.807) is 88.9 Å². The average Bonchev–Trinajstić information content (AvgIpc) is 3.78.